The summed E-state index contributed by atoms with van der Waals surface area (Å²) in [5.74, 6) is -0.363. The molecule has 0 unspecified atom stereocenters. The van der Waals surface area contributed by atoms with Gasteiger partial charge in [-0.2, -0.15) is 4.31 Å². The Kier molecular flexibility index (Phi) is 6.39. The van der Waals surface area contributed by atoms with E-state index in [1.54, 1.807) is 35.4 Å². The Morgan fingerprint density at radius 2 is 1.58 bits per heavy atom. The summed E-state index contributed by atoms with van der Waals surface area (Å²) < 4.78 is 28.1. The fourth-order valence-corrected chi connectivity index (χ4v) is 6.85. The molecule has 3 aromatic rings. The standard InChI is InChI=1S/C27H30N6O4S/c1-30-9-11-31(12-10-30)22-4-2-3-19(13-22)26(34)27(35)32-15-20-17-33(18-21(20)16-32)38(36,37)23-5-6-24-25(14-23)29-8-7-28-24/h2-8,13-14,26,34H,9-12,15-18H2,1H3/t26-/m0/s1. The molecule has 0 aliphatic carbocycles. The number of nitrogens with zero attached hydrogens (tertiary/aromatic N) is 6. The van der Waals surface area contributed by atoms with Gasteiger partial charge in [-0.3, -0.25) is 14.8 Å². The minimum Gasteiger partial charge on any atom is -0.378 e. The van der Waals surface area contributed by atoms with Crippen molar-refractivity contribution in [3.8, 4) is 0 Å². The number of aromatic nitrogens is 2. The number of sulfonamides is 1. The van der Waals surface area contributed by atoms with Crippen molar-refractivity contribution in [3.05, 3.63) is 71.6 Å². The van der Waals surface area contributed by atoms with Crippen molar-refractivity contribution in [1.29, 1.82) is 0 Å². The SMILES string of the molecule is CN1CCN(c2cccc([C@H](O)C(=O)N3CC4=C(C3)CN(S(=O)(=O)c3ccc5nccnc5c3)C4)c2)CC1. The van der Waals surface area contributed by atoms with Crippen LogP contribution < -0.4 is 4.90 Å². The fourth-order valence-electron chi connectivity index (χ4n) is 5.40. The van der Waals surface area contributed by atoms with E-state index in [2.05, 4.69) is 26.8 Å². The van der Waals surface area contributed by atoms with Gasteiger partial charge in [0.2, 0.25) is 10.0 Å². The van der Waals surface area contributed by atoms with Gasteiger partial charge >= 0.3 is 0 Å². The average Bonchev–Trinajstić information content (AvgIpc) is 3.53. The Balaban J connectivity index is 1.10. The molecular formula is C27H30N6O4S. The van der Waals surface area contributed by atoms with Crippen LogP contribution in [0.3, 0.4) is 0 Å². The maximum atomic E-state index is 13.3. The third-order valence-corrected chi connectivity index (χ3v) is 9.46. The van der Waals surface area contributed by atoms with Crippen LogP contribution in [-0.4, -0.2) is 103 Å². The highest BCUT2D eigenvalue weighted by atomic mass is 32.2. The maximum Gasteiger partial charge on any atom is 0.256 e. The molecule has 2 aromatic carbocycles. The molecule has 1 N–H and O–H groups in total. The van der Waals surface area contributed by atoms with Gasteiger partial charge in [0, 0.05) is 70.4 Å². The van der Waals surface area contributed by atoms with E-state index in [-0.39, 0.29) is 23.9 Å². The molecule has 1 fully saturated rings. The summed E-state index contributed by atoms with van der Waals surface area (Å²) >= 11 is 0. The summed E-state index contributed by atoms with van der Waals surface area (Å²) in [6.07, 6.45) is 1.84. The molecule has 0 radical (unpaired) electrons. The minimum absolute atomic E-state index is 0.176. The largest absolute Gasteiger partial charge is 0.378 e. The monoisotopic (exact) mass is 534 g/mol. The number of likely N-dealkylation sites (N-methyl/N-ethyl adjacent to an activating group) is 1. The van der Waals surface area contributed by atoms with Crippen LogP contribution in [-0.2, 0) is 14.8 Å². The fraction of sp³-hybridized carbons (Fsp3) is 0.370. The van der Waals surface area contributed by atoms with Crippen LogP contribution in [0.25, 0.3) is 11.0 Å². The number of aliphatic hydroxyl groups excluding tert-OH is 1. The lowest BCUT2D eigenvalue weighted by atomic mass is 10.1. The predicted molar refractivity (Wildman–Crippen MR) is 143 cm³/mol. The zero-order valence-corrected chi connectivity index (χ0v) is 22.0. The van der Waals surface area contributed by atoms with Crippen LogP contribution >= 0.6 is 0 Å². The Bertz CT molecular complexity index is 1520. The number of benzene rings is 2. The van der Waals surface area contributed by atoms with E-state index in [1.165, 1.54) is 10.5 Å². The third-order valence-electron chi connectivity index (χ3n) is 7.68. The van der Waals surface area contributed by atoms with Gasteiger partial charge in [-0.15, -0.1) is 0 Å². The first-order valence-electron chi connectivity index (χ1n) is 12.7. The molecule has 38 heavy (non-hydrogen) atoms. The number of hydrogen-bond donors (Lipinski definition) is 1. The zero-order valence-electron chi connectivity index (χ0n) is 21.2. The summed E-state index contributed by atoms with van der Waals surface area (Å²) in [5.41, 5.74) is 4.57. The number of fused-ring (bicyclic) bond motifs is 1. The number of piperazine rings is 1. The van der Waals surface area contributed by atoms with Crippen LogP contribution in [0.15, 0.2) is 70.9 Å². The summed E-state index contributed by atoms with van der Waals surface area (Å²) in [5, 5.41) is 10.9. The summed E-state index contributed by atoms with van der Waals surface area (Å²) in [4.78, 5) is 28.0. The first-order valence-corrected chi connectivity index (χ1v) is 14.1. The molecular weight excluding hydrogens is 504 g/mol. The molecule has 6 rings (SSSR count). The van der Waals surface area contributed by atoms with Crippen LogP contribution in [0, 0.1) is 0 Å². The van der Waals surface area contributed by atoms with Crippen molar-refractivity contribution >= 4 is 32.7 Å². The molecule has 1 amide bonds. The lowest BCUT2D eigenvalue weighted by Crippen LogP contribution is -2.44. The molecule has 1 aromatic heterocycles. The van der Waals surface area contributed by atoms with E-state index in [1.807, 2.05) is 18.2 Å². The first-order chi connectivity index (χ1) is 18.3. The Hall–Kier alpha value is -3.38. The van der Waals surface area contributed by atoms with Gasteiger partial charge in [0.25, 0.3) is 5.91 Å². The van der Waals surface area contributed by atoms with Crippen molar-refractivity contribution in [1.82, 2.24) is 24.1 Å². The number of anilines is 1. The molecule has 198 valence electrons. The van der Waals surface area contributed by atoms with E-state index in [4.69, 9.17) is 0 Å². The number of rotatable bonds is 5. The van der Waals surface area contributed by atoms with Gasteiger partial charge in [0.15, 0.2) is 6.10 Å². The van der Waals surface area contributed by atoms with Gasteiger partial charge < -0.3 is 19.8 Å². The highest BCUT2D eigenvalue weighted by Crippen LogP contribution is 2.32. The maximum absolute atomic E-state index is 13.3. The predicted octanol–water partition coefficient (Wildman–Crippen LogP) is 1.26. The van der Waals surface area contributed by atoms with Gasteiger partial charge in [0.1, 0.15) is 0 Å². The highest BCUT2D eigenvalue weighted by Gasteiger charge is 2.39. The molecule has 4 heterocycles. The van der Waals surface area contributed by atoms with Crippen molar-refractivity contribution in [2.24, 2.45) is 0 Å². The highest BCUT2D eigenvalue weighted by molar-refractivity contribution is 7.89. The molecule has 1 atom stereocenters. The van der Waals surface area contributed by atoms with E-state index < -0.39 is 16.1 Å². The van der Waals surface area contributed by atoms with Crippen molar-refractivity contribution in [2.45, 2.75) is 11.0 Å². The quantitative estimate of drug-likeness (QED) is 0.488. The average molecular weight is 535 g/mol. The normalized spacial score (nSPS) is 19.8. The summed E-state index contributed by atoms with van der Waals surface area (Å²) in [6.45, 7) is 4.84. The summed E-state index contributed by atoms with van der Waals surface area (Å²) in [6, 6.07) is 12.3. The number of carbonyl (C=O) groups excluding carboxylic acids is 1. The van der Waals surface area contributed by atoms with Gasteiger partial charge in [-0.05, 0) is 54.1 Å². The van der Waals surface area contributed by atoms with Gasteiger partial charge in [-0.25, -0.2) is 8.42 Å². The van der Waals surface area contributed by atoms with Crippen LogP contribution in [0.1, 0.15) is 11.7 Å². The molecule has 0 spiro atoms. The molecule has 3 aliphatic heterocycles. The van der Waals surface area contributed by atoms with Crippen LogP contribution in [0.5, 0.6) is 0 Å². The zero-order chi connectivity index (χ0) is 26.4. The van der Waals surface area contributed by atoms with Gasteiger partial charge in [0.05, 0.1) is 15.9 Å². The lowest BCUT2D eigenvalue weighted by Gasteiger charge is -2.34. The lowest BCUT2D eigenvalue weighted by molar-refractivity contribution is -0.139. The third kappa shape index (κ3) is 4.55. The molecule has 3 aliphatic rings. The van der Waals surface area contributed by atoms with E-state index in [0.29, 0.717) is 29.7 Å². The minimum atomic E-state index is -3.72. The Labute approximate surface area is 221 Å². The second kappa shape index (κ2) is 9.73. The molecule has 10 nitrogen and oxygen atoms in total. The first kappa shape index (κ1) is 24.9. The van der Waals surface area contributed by atoms with Crippen LogP contribution in [0.2, 0.25) is 0 Å². The second-order valence-corrected chi connectivity index (χ2v) is 12.1. The molecule has 1 saturated heterocycles. The Morgan fingerprint density at radius 3 is 2.29 bits per heavy atom. The second-order valence-electron chi connectivity index (χ2n) is 10.2. The molecule has 0 saturated carbocycles. The summed E-state index contributed by atoms with van der Waals surface area (Å²) in [7, 11) is -1.62. The van der Waals surface area contributed by atoms with Crippen molar-refractivity contribution in [3.63, 3.8) is 0 Å². The smallest absolute Gasteiger partial charge is 0.256 e. The van der Waals surface area contributed by atoms with Crippen molar-refractivity contribution in [2.75, 3.05) is 64.3 Å². The van der Waals surface area contributed by atoms with Crippen LogP contribution in [0.4, 0.5) is 5.69 Å². The molecule has 11 heteroatoms. The number of amides is 1. The Morgan fingerprint density at radius 1 is 0.895 bits per heavy atom. The number of aliphatic hydroxyl groups is 1. The van der Waals surface area contributed by atoms with E-state index >= 15 is 0 Å². The van der Waals surface area contributed by atoms with E-state index in [0.717, 1.165) is 43.0 Å². The number of carbonyl (C=O) groups is 1. The number of hydrogen-bond acceptors (Lipinski definition) is 8. The van der Waals surface area contributed by atoms with E-state index in [9.17, 15) is 18.3 Å². The molecule has 0 bridgehead atoms. The van der Waals surface area contributed by atoms with Gasteiger partial charge in [-0.1, -0.05) is 12.1 Å². The van der Waals surface area contributed by atoms with Crippen molar-refractivity contribution < 1.29 is 18.3 Å². The topological polar surface area (TPSA) is 110 Å².